The maximum Gasteiger partial charge on any atom is 0.253 e. The van der Waals surface area contributed by atoms with Crippen LogP contribution < -0.4 is 10.3 Å². The summed E-state index contributed by atoms with van der Waals surface area (Å²) in [4.78, 5) is 19.0. The third-order valence-corrected chi connectivity index (χ3v) is 7.38. The van der Waals surface area contributed by atoms with Crippen molar-refractivity contribution in [1.82, 2.24) is 30.1 Å². The second kappa shape index (κ2) is 11.4. The second-order valence-corrected chi connectivity index (χ2v) is 10.2. The maximum atomic E-state index is 13.7. The predicted molar refractivity (Wildman–Crippen MR) is 149 cm³/mol. The van der Waals surface area contributed by atoms with Crippen LogP contribution in [-0.2, 0) is 24.4 Å². The number of nitrogens with zero attached hydrogens (tertiary/aromatic N) is 5. The summed E-state index contributed by atoms with van der Waals surface area (Å²) in [6.45, 7) is 4.23. The van der Waals surface area contributed by atoms with Crippen LogP contribution in [0.2, 0.25) is 0 Å². The molecule has 0 aliphatic carbocycles. The van der Waals surface area contributed by atoms with Gasteiger partial charge < -0.3 is 18.9 Å². The normalized spacial score (nSPS) is 16.1. The molecular formula is C30H32N6O4. The molecule has 0 saturated carbocycles. The van der Waals surface area contributed by atoms with Crippen LogP contribution in [0.15, 0.2) is 76.1 Å². The zero-order valence-electron chi connectivity index (χ0n) is 22.6. The Balaban J connectivity index is 1.49. The SMILES string of the molecule is COc1ccc(CN(Cc2ccco2)[C@@H](c2cc3cc(C)ccc3[nH]c2=O)c2nnnn2C[C@H]2CCCO2)cc1. The van der Waals surface area contributed by atoms with Crippen LogP contribution in [0.5, 0.6) is 5.75 Å². The zero-order valence-corrected chi connectivity index (χ0v) is 22.6. The van der Waals surface area contributed by atoms with E-state index >= 15 is 0 Å². The van der Waals surface area contributed by atoms with E-state index in [0.29, 0.717) is 31.0 Å². The first-order valence-corrected chi connectivity index (χ1v) is 13.5. The molecule has 40 heavy (non-hydrogen) atoms. The van der Waals surface area contributed by atoms with Crippen molar-refractivity contribution in [3.05, 3.63) is 106 Å². The van der Waals surface area contributed by atoms with E-state index in [9.17, 15) is 4.79 Å². The number of ether oxygens (including phenoxy) is 2. The lowest BCUT2D eigenvalue weighted by Gasteiger charge is -2.30. The lowest BCUT2D eigenvalue weighted by atomic mass is 10.0. The van der Waals surface area contributed by atoms with Crippen molar-refractivity contribution in [2.24, 2.45) is 0 Å². The van der Waals surface area contributed by atoms with Crippen molar-refractivity contribution in [3.63, 3.8) is 0 Å². The van der Waals surface area contributed by atoms with Crippen molar-refractivity contribution >= 4 is 10.9 Å². The highest BCUT2D eigenvalue weighted by atomic mass is 16.5. The van der Waals surface area contributed by atoms with Crippen molar-refractivity contribution < 1.29 is 13.9 Å². The van der Waals surface area contributed by atoms with Gasteiger partial charge in [0, 0.05) is 24.2 Å². The standard InChI is InChI=1S/C30H32N6O4/c1-20-7-12-27-22(15-20)16-26(30(37)31-27)28(29-32-33-34-36(29)19-25-6-4-14-40-25)35(18-24-5-3-13-39-24)17-21-8-10-23(38-2)11-9-21/h3,5,7-13,15-16,25,28H,4,6,14,17-19H2,1-2H3,(H,31,37)/t25-,28+/m1/s1. The number of methoxy groups -OCH3 is 1. The molecule has 10 nitrogen and oxygen atoms in total. The van der Waals surface area contributed by atoms with Gasteiger partial charge in [-0.3, -0.25) is 9.69 Å². The van der Waals surface area contributed by atoms with E-state index in [4.69, 9.17) is 13.9 Å². The Kier molecular flexibility index (Phi) is 7.43. The highest BCUT2D eigenvalue weighted by Crippen LogP contribution is 2.31. The van der Waals surface area contributed by atoms with E-state index < -0.39 is 6.04 Å². The molecule has 2 aromatic carbocycles. The van der Waals surface area contributed by atoms with E-state index in [1.807, 2.05) is 61.5 Å². The first kappa shape index (κ1) is 26.0. The molecule has 0 spiro atoms. The van der Waals surface area contributed by atoms with Crippen molar-refractivity contribution in [2.75, 3.05) is 13.7 Å². The molecule has 2 atom stereocenters. The predicted octanol–water partition coefficient (Wildman–Crippen LogP) is 4.40. The Bertz CT molecular complexity index is 1620. The van der Waals surface area contributed by atoms with Gasteiger partial charge in [0.25, 0.3) is 5.56 Å². The van der Waals surface area contributed by atoms with Gasteiger partial charge >= 0.3 is 0 Å². The van der Waals surface area contributed by atoms with Gasteiger partial charge in [-0.05, 0) is 83.6 Å². The number of aromatic amines is 1. The molecule has 3 aromatic heterocycles. The van der Waals surface area contributed by atoms with Crippen molar-refractivity contribution in [1.29, 1.82) is 0 Å². The average Bonchev–Trinajstić information content (AvgIpc) is 3.75. The molecule has 4 heterocycles. The number of aromatic nitrogens is 5. The van der Waals surface area contributed by atoms with Crippen molar-refractivity contribution in [2.45, 2.75) is 51.5 Å². The molecule has 0 radical (unpaired) electrons. The minimum atomic E-state index is -0.572. The third-order valence-electron chi connectivity index (χ3n) is 7.38. The lowest BCUT2D eigenvalue weighted by Crippen LogP contribution is -2.35. The van der Waals surface area contributed by atoms with Gasteiger partial charge in [0.05, 0.1) is 32.6 Å². The number of tetrazole rings is 1. The number of hydrogen-bond acceptors (Lipinski definition) is 8. The van der Waals surface area contributed by atoms with Gasteiger partial charge in [0.15, 0.2) is 5.82 Å². The number of pyridine rings is 1. The van der Waals surface area contributed by atoms with Crippen LogP contribution >= 0.6 is 0 Å². The van der Waals surface area contributed by atoms with Gasteiger partial charge in [0.1, 0.15) is 17.6 Å². The minimum absolute atomic E-state index is 0.0283. The van der Waals surface area contributed by atoms with Gasteiger partial charge in [-0.1, -0.05) is 23.8 Å². The Labute approximate surface area is 231 Å². The lowest BCUT2D eigenvalue weighted by molar-refractivity contribution is 0.0901. The van der Waals surface area contributed by atoms with Crippen LogP contribution in [0.4, 0.5) is 0 Å². The number of H-pyrrole nitrogens is 1. The molecule has 206 valence electrons. The molecule has 10 heteroatoms. The summed E-state index contributed by atoms with van der Waals surface area (Å²) in [5, 5.41) is 13.8. The average molecular weight is 541 g/mol. The van der Waals surface area contributed by atoms with Gasteiger partial charge in [0.2, 0.25) is 0 Å². The Morgan fingerprint density at radius 2 is 2.02 bits per heavy atom. The molecular weight excluding hydrogens is 508 g/mol. The Hall–Kier alpha value is -4.28. The zero-order chi connectivity index (χ0) is 27.5. The van der Waals surface area contributed by atoms with Crippen LogP contribution in [0.3, 0.4) is 0 Å². The summed E-state index contributed by atoms with van der Waals surface area (Å²) < 4.78 is 18.8. The van der Waals surface area contributed by atoms with Crippen molar-refractivity contribution in [3.8, 4) is 5.75 Å². The number of hydrogen-bond donors (Lipinski definition) is 1. The van der Waals surface area contributed by atoms with E-state index in [2.05, 4.69) is 31.5 Å². The summed E-state index contributed by atoms with van der Waals surface area (Å²) in [5.74, 6) is 2.12. The summed E-state index contributed by atoms with van der Waals surface area (Å²) in [5.41, 5.74) is 3.30. The highest BCUT2D eigenvalue weighted by Gasteiger charge is 2.32. The summed E-state index contributed by atoms with van der Waals surface area (Å²) in [7, 11) is 1.65. The highest BCUT2D eigenvalue weighted by molar-refractivity contribution is 5.79. The number of aryl methyl sites for hydroxylation is 1. The fourth-order valence-electron chi connectivity index (χ4n) is 5.37. The molecule has 1 fully saturated rings. The number of fused-ring (bicyclic) bond motifs is 1. The van der Waals surface area contributed by atoms with Gasteiger partial charge in [-0.15, -0.1) is 5.10 Å². The fraction of sp³-hybridized carbons (Fsp3) is 0.333. The number of nitrogens with one attached hydrogen (secondary N) is 1. The molecule has 1 aliphatic heterocycles. The largest absolute Gasteiger partial charge is 0.497 e. The first-order valence-electron chi connectivity index (χ1n) is 13.5. The molecule has 0 unspecified atom stereocenters. The monoisotopic (exact) mass is 540 g/mol. The Morgan fingerprint density at radius 1 is 1.15 bits per heavy atom. The molecule has 5 aromatic rings. The number of rotatable bonds is 10. The van der Waals surface area contributed by atoms with Gasteiger partial charge in [-0.25, -0.2) is 4.68 Å². The van der Waals surface area contributed by atoms with E-state index in [-0.39, 0.29) is 11.7 Å². The second-order valence-electron chi connectivity index (χ2n) is 10.2. The fourth-order valence-corrected chi connectivity index (χ4v) is 5.37. The smallest absolute Gasteiger partial charge is 0.253 e. The maximum absolute atomic E-state index is 13.7. The molecule has 1 saturated heterocycles. The molecule has 1 aliphatic rings. The van der Waals surface area contributed by atoms with Gasteiger partial charge in [-0.2, -0.15) is 0 Å². The summed E-state index contributed by atoms with van der Waals surface area (Å²) in [6, 6.07) is 19.1. The molecule has 0 amide bonds. The summed E-state index contributed by atoms with van der Waals surface area (Å²) >= 11 is 0. The number of furan rings is 1. The van der Waals surface area contributed by atoms with Crippen LogP contribution in [0, 0.1) is 6.92 Å². The van der Waals surface area contributed by atoms with E-state index in [0.717, 1.165) is 53.0 Å². The van der Waals surface area contributed by atoms with E-state index in [1.165, 1.54) is 0 Å². The van der Waals surface area contributed by atoms with Crippen LogP contribution in [0.1, 0.15) is 47.2 Å². The third kappa shape index (κ3) is 5.54. The molecule has 6 rings (SSSR count). The minimum Gasteiger partial charge on any atom is -0.497 e. The first-order chi connectivity index (χ1) is 19.6. The van der Waals surface area contributed by atoms with Crippen LogP contribution in [0.25, 0.3) is 10.9 Å². The van der Waals surface area contributed by atoms with Crippen LogP contribution in [-0.4, -0.2) is 49.9 Å². The summed E-state index contributed by atoms with van der Waals surface area (Å²) in [6.07, 6.45) is 3.64. The topological polar surface area (TPSA) is 111 Å². The Morgan fingerprint density at radius 3 is 2.77 bits per heavy atom. The van der Waals surface area contributed by atoms with E-state index in [1.54, 1.807) is 18.1 Å². The number of benzene rings is 2. The molecule has 0 bridgehead atoms. The quantitative estimate of drug-likeness (QED) is 0.278. The molecule has 1 N–H and O–H groups in total.